The molecule has 0 saturated heterocycles. The topological polar surface area (TPSA) is 70.2 Å². The van der Waals surface area contributed by atoms with Crippen molar-refractivity contribution in [1.82, 2.24) is 9.29 Å². The molecule has 4 rings (SSSR count). The second kappa shape index (κ2) is 9.16. The number of fused-ring (bicyclic) bond motifs is 1. The van der Waals surface area contributed by atoms with Crippen LogP contribution in [-0.4, -0.2) is 17.7 Å². The Balaban J connectivity index is 1.84. The van der Waals surface area contributed by atoms with Crippen molar-refractivity contribution in [3.05, 3.63) is 110 Å². The van der Waals surface area contributed by atoms with E-state index in [4.69, 9.17) is 0 Å². The molecule has 4 aromatic rings. The van der Waals surface area contributed by atoms with Crippen molar-refractivity contribution in [2.75, 3.05) is 0 Å². The minimum Gasteiger partial charge on any atom is -0.321 e. The number of rotatable bonds is 6. The number of sulfonamides is 1. The second-order valence-corrected chi connectivity index (χ2v) is 10.7. The highest BCUT2D eigenvalue weighted by atomic mass is 32.2. The summed E-state index contributed by atoms with van der Waals surface area (Å²) in [4.78, 5) is 16.1. The Morgan fingerprint density at radius 3 is 2.15 bits per heavy atom. The number of aromatic amines is 1. The normalized spacial score (nSPS) is 11.9. The zero-order valence-corrected chi connectivity index (χ0v) is 20.5. The van der Waals surface area contributed by atoms with Crippen LogP contribution in [-0.2, 0) is 23.1 Å². The summed E-state index contributed by atoms with van der Waals surface area (Å²) in [6, 6.07) is 16.8. The highest BCUT2D eigenvalue weighted by Gasteiger charge is 2.29. The van der Waals surface area contributed by atoms with Crippen molar-refractivity contribution >= 4 is 20.9 Å². The van der Waals surface area contributed by atoms with Gasteiger partial charge in [-0.05, 0) is 73.5 Å². The zero-order chi connectivity index (χ0) is 24.6. The number of aromatic nitrogens is 1. The smallest absolute Gasteiger partial charge is 0.252 e. The molecule has 0 bridgehead atoms. The molecule has 1 heterocycles. The Kier molecular flexibility index (Phi) is 6.43. The maximum Gasteiger partial charge on any atom is 0.252 e. The first-order valence-corrected chi connectivity index (χ1v) is 12.4. The second-order valence-electron chi connectivity index (χ2n) is 8.79. The van der Waals surface area contributed by atoms with E-state index in [2.05, 4.69) is 4.98 Å². The van der Waals surface area contributed by atoms with Crippen LogP contribution in [0, 0.1) is 33.5 Å². The van der Waals surface area contributed by atoms with E-state index in [-0.39, 0.29) is 23.5 Å². The van der Waals surface area contributed by atoms with Crippen molar-refractivity contribution in [2.45, 2.75) is 45.7 Å². The summed E-state index contributed by atoms with van der Waals surface area (Å²) in [5, 5.41) is 0.830. The molecular formula is C27H27FN2O3S. The molecule has 176 valence electrons. The number of nitrogens with zero attached hydrogens (tertiary/aromatic N) is 1. The monoisotopic (exact) mass is 478 g/mol. The Labute approximate surface area is 198 Å². The number of aryl methyl sites for hydroxylation is 4. The molecular weight excluding hydrogens is 451 g/mol. The summed E-state index contributed by atoms with van der Waals surface area (Å²) in [6.45, 7) is 7.25. The summed E-state index contributed by atoms with van der Waals surface area (Å²) in [6.07, 6.45) is 0. The summed E-state index contributed by atoms with van der Waals surface area (Å²) in [5.74, 6) is -0.398. The molecule has 0 saturated carbocycles. The van der Waals surface area contributed by atoms with Crippen LogP contribution in [0.25, 0.3) is 10.9 Å². The number of pyridine rings is 1. The first kappa shape index (κ1) is 23.9. The van der Waals surface area contributed by atoms with E-state index in [9.17, 15) is 17.6 Å². The summed E-state index contributed by atoms with van der Waals surface area (Å²) in [7, 11) is -3.98. The number of hydrogen-bond donors (Lipinski definition) is 1. The summed E-state index contributed by atoms with van der Waals surface area (Å²) >= 11 is 0. The molecule has 0 aliphatic heterocycles. The number of hydrogen-bond acceptors (Lipinski definition) is 3. The molecule has 3 aromatic carbocycles. The number of nitrogens with one attached hydrogen (secondary N) is 1. The Hall–Kier alpha value is -3.29. The van der Waals surface area contributed by atoms with Crippen molar-refractivity contribution in [1.29, 1.82) is 0 Å². The Morgan fingerprint density at radius 1 is 0.853 bits per heavy atom. The molecule has 1 N–H and O–H groups in total. The third-order valence-corrected chi connectivity index (χ3v) is 8.08. The Bertz CT molecular complexity index is 1520. The van der Waals surface area contributed by atoms with Crippen LogP contribution in [0.15, 0.2) is 70.4 Å². The van der Waals surface area contributed by atoms with E-state index in [0.717, 1.165) is 22.0 Å². The SMILES string of the molecule is Cc1cc(C)c(S(=O)(=O)N(Cc2ccc(F)cc2)Cc2cc3cccc(C)c3[nH]c2=O)c(C)c1. The van der Waals surface area contributed by atoms with Gasteiger partial charge in [-0.3, -0.25) is 4.79 Å². The van der Waals surface area contributed by atoms with Gasteiger partial charge in [0.25, 0.3) is 5.56 Å². The average molecular weight is 479 g/mol. The molecule has 0 amide bonds. The highest BCUT2D eigenvalue weighted by Crippen LogP contribution is 2.28. The van der Waals surface area contributed by atoms with Gasteiger partial charge in [0, 0.05) is 18.7 Å². The van der Waals surface area contributed by atoms with Gasteiger partial charge in [0.05, 0.1) is 10.4 Å². The maximum absolute atomic E-state index is 13.9. The first-order chi connectivity index (χ1) is 16.1. The van der Waals surface area contributed by atoms with Crippen molar-refractivity contribution in [3.63, 3.8) is 0 Å². The molecule has 0 radical (unpaired) electrons. The van der Waals surface area contributed by atoms with Gasteiger partial charge in [-0.2, -0.15) is 4.31 Å². The number of benzene rings is 3. The van der Waals surface area contributed by atoms with Gasteiger partial charge in [-0.15, -0.1) is 0 Å². The van der Waals surface area contributed by atoms with Crippen LogP contribution < -0.4 is 5.56 Å². The van der Waals surface area contributed by atoms with E-state index in [1.807, 2.05) is 44.2 Å². The zero-order valence-electron chi connectivity index (χ0n) is 19.6. The lowest BCUT2D eigenvalue weighted by molar-refractivity contribution is 0.399. The van der Waals surface area contributed by atoms with Gasteiger partial charge in [0.15, 0.2) is 0 Å². The molecule has 5 nitrogen and oxygen atoms in total. The standard InChI is InChI=1S/C27H27FN2O3S/c1-17-12-19(3)26(20(4)13-17)34(32,33)30(15-21-8-10-24(28)11-9-21)16-23-14-22-7-5-6-18(2)25(22)29-27(23)31/h5-14H,15-16H2,1-4H3,(H,29,31). The van der Waals surface area contributed by atoms with E-state index in [1.54, 1.807) is 32.0 Å². The lowest BCUT2D eigenvalue weighted by Crippen LogP contribution is -2.33. The molecule has 1 aromatic heterocycles. The van der Waals surface area contributed by atoms with Crippen LogP contribution in [0.4, 0.5) is 4.39 Å². The average Bonchev–Trinajstić information content (AvgIpc) is 2.75. The van der Waals surface area contributed by atoms with Crippen LogP contribution in [0.3, 0.4) is 0 Å². The fourth-order valence-electron chi connectivity index (χ4n) is 4.46. The minimum absolute atomic E-state index is 0.000659. The quantitative estimate of drug-likeness (QED) is 0.409. The fraction of sp³-hybridized carbons (Fsp3) is 0.222. The highest BCUT2D eigenvalue weighted by molar-refractivity contribution is 7.89. The lowest BCUT2D eigenvalue weighted by atomic mass is 10.1. The molecule has 0 atom stereocenters. The van der Waals surface area contributed by atoms with Crippen LogP contribution >= 0.6 is 0 Å². The van der Waals surface area contributed by atoms with Crippen LogP contribution in [0.2, 0.25) is 0 Å². The molecule has 0 aliphatic carbocycles. The van der Waals surface area contributed by atoms with Crippen molar-refractivity contribution < 1.29 is 12.8 Å². The van der Waals surface area contributed by atoms with Gasteiger partial charge in [-0.25, -0.2) is 12.8 Å². The van der Waals surface area contributed by atoms with E-state index in [1.165, 1.54) is 16.4 Å². The third-order valence-electron chi connectivity index (χ3n) is 5.99. The molecule has 0 unspecified atom stereocenters. The molecule has 0 spiro atoms. The van der Waals surface area contributed by atoms with Gasteiger partial charge < -0.3 is 4.98 Å². The van der Waals surface area contributed by atoms with E-state index < -0.39 is 15.8 Å². The van der Waals surface area contributed by atoms with Crippen LogP contribution in [0.1, 0.15) is 33.4 Å². The predicted molar refractivity (Wildman–Crippen MR) is 133 cm³/mol. The fourth-order valence-corrected chi connectivity index (χ4v) is 6.28. The van der Waals surface area contributed by atoms with Crippen molar-refractivity contribution in [2.24, 2.45) is 0 Å². The summed E-state index contributed by atoms with van der Waals surface area (Å²) in [5.41, 5.74) is 4.55. The van der Waals surface area contributed by atoms with Crippen molar-refractivity contribution in [3.8, 4) is 0 Å². The maximum atomic E-state index is 13.9. The molecule has 0 fully saturated rings. The molecule has 7 heteroatoms. The molecule has 34 heavy (non-hydrogen) atoms. The van der Waals surface area contributed by atoms with Gasteiger partial charge in [0.1, 0.15) is 5.82 Å². The minimum atomic E-state index is -3.98. The van der Waals surface area contributed by atoms with E-state index in [0.29, 0.717) is 22.3 Å². The van der Waals surface area contributed by atoms with Gasteiger partial charge in [0.2, 0.25) is 10.0 Å². The van der Waals surface area contributed by atoms with Gasteiger partial charge >= 0.3 is 0 Å². The number of H-pyrrole nitrogens is 1. The lowest BCUT2D eigenvalue weighted by Gasteiger charge is -2.25. The largest absolute Gasteiger partial charge is 0.321 e. The van der Waals surface area contributed by atoms with E-state index >= 15 is 0 Å². The number of halogens is 1. The van der Waals surface area contributed by atoms with Gasteiger partial charge in [-0.1, -0.05) is 48.0 Å². The predicted octanol–water partition coefficient (Wildman–Crippen LogP) is 5.29. The third kappa shape index (κ3) is 4.67. The molecule has 0 aliphatic rings. The first-order valence-electron chi connectivity index (χ1n) is 11.0. The van der Waals surface area contributed by atoms with Crippen LogP contribution in [0.5, 0.6) is 0 Å². The summed E-state index contributed by atoms with van der Waals surface area (Å²) < 4.78 is 42.6. The number of para-hydroxylation sites is 1. The Morgan fingerprint density at radius 2 is 1.50 bits per heavy atom.